The van der Waals surface area contributed by atoms with Gasteiger partial charge in [-0.25, -0.2) is 9.63 Å². The Bertz CT molecular complexity index is 405. The molecule has 0 bridgehead atoms. The predicted molar refractivity (Wildman–Crippen MR) is 64.6 cm³/mol. The lowest BCUT2D eigenvalue weighted by Gasteiger charge is -2.26. The van der Waals surface area contributed by atoms with E-state index in [0.29, 0.717) is 6.42 Å². The molecule has 0 heterocycles. The molecule has 0 aliphatic heterocycles. The van der Waals surface area contributed by atoms with Crippen LogP contribution in [-0.4, -0.2) is 50.2 Å². The van der Waals surface area contributed by atoms with Crippen LogP contribution in [0.5, 0.6) is 0 Å². The van der Waals surface area contributed by atoms with E-state index in [1.165, 1.54) is 21.1 Å². The molecule has 1 atom stereocenters. The van der Waals surface area contributed by atoms with Crippen LogP contribution in [0.4, 0.5) is 0 Å². The standard InChI is InChI=1S/C10H19NO6S/c1-9(2)10(12)17-11(3,16-4)7-5-6-8-18(13,14)15/h1,5-8H2,2-4H3/p+1. The molecule has 0 radical (unpaired) electrons. The maximum absolute atomic E-state index is 11.4. The fourth-order valence-corrected chi connectivity index (χ4v) is 1.68. The van der Waals surface area contributed by atoms with E-state index in [2.05, 4.69) is 6.58 Å². The lowest BCUT2D eigenvalue weighted by atomic mass is 10.3. The molecule has 1 N–H and O–H groups in total. The second-order valence-electron chi connectivity index (χ2n) is 4.07. The van der Waals surface area contributed by atoms with Crippen LogP contribution in [0.1, 0.15) is 19.8 Å². The summed E-state index contributed by atoms with van der Waals surface area (Å²) in [5.74, 6) is -0.917. The van der Waals surface area contributed by atoms with Gasteiger partial charge < -0.3 is 0 Å². The Morgan fingerprint density at radius 1 is 1.39 bits per heavy atom. The van der Waals surface area contributed by atoms with Gasteiger partial charge in [0, 0.05) is 16.8 Å². The molecule has 0 amide bonds. The summed E-state index contributed by atoms with van der Waals surface area (Å²) in [6, 6.07) is 0. The first kappa shape index (κ1) is 17.0. The maximum Gasteiger partial charge on any atom is 0.397 e. The number of nitrogens with zero attached hydrogens (tertiary/aromatic N) is 1. The molecule has 0 aromatic rings. The van der Waals surface area contributed by atoms with Crippen LogP contribution in [-0.2, 0) is 24.6 Å². The Hall–Kier alpha value is -0.960. The first-order valence-corrected chi connectivity index (χ1v) is 6.96. The number of carbonyl (C=O) groups is 1. The monoisotopic (exact) mass is 282 g/mol. The third kappa shape index (κ3) is 7.38. The molecular formula is C10H20NO6S+. The molecule has 0 aromatic heterocycles. The van der Waals surface area contributed by atoms with Crippen molar-refractivity contribution >= 4 is 16.1 Å². The highest BCUT2D eigenvalue weighted by Crippen LogP contribution is 2.10. The quantitative estimate of drug-likeness (QED) is 0.232. The van der Waals surface area contributed by atoms with Crippen molar-refractivity contribution in [2.75, 3.05) is 26.5 Å². The number of quaternary nitrogens is 1. The first-order valence-electron chi connectivity index (χ1n) is 5.35. The van der Waals surface area contributed by atoms with Crippen LogP contribution in [0.15, 0.2) is 12.2 Å². The van der Waals surface area contributed by atoms with Gasteiger partial charge in [0.25, 0.3) is 10.1 Å². The third-order valence-corrected chi connectivity index (χ3v) is 3.03. The van der Waals surface area contributed by atoms with E-state index in [1.807, 2.05) is 0 Å². The molecule has 0 aliphatic rings. The van der Waals surface area contributed by atoms with Crippen LogP contribution < -0.4 is 0 Å². The molecule has 1 unspecified atom stereocenters. The zero-order valence-corrected chi connectivity index (χ0v) is 11.7. The van der Waals surface area contributed by atoms with Crippen molar-refractivity contribution < 1.29 is 32.2 Å². The van der Waals surface area contributed by atoms with Gasteiger partial charge in [-0.1, -0.05) is 6.58 Å². The molecule has 0 aromatic carbocycles. The lowest BCUT2D eigenvalue weighted by molar-refractivity contribution is -1.22. The smallest absolute Gasteiger partial charge is 0.286 e. The van der Waals surface area contributed by atoms with Gasteiger partial charge in [-0.15, -0.1) is 0 Å². The minimum Gasteiger partial charge on any atom is -0.286 e. The van der Waals surface area contributed by atoms with E-state index in [-0.39, 0.29) is 24.3 Å². The number of hydroxylamine groups is 4. The SMILES string of the molecule is C=C(C)C(=O)O[N+](C)(CCCCS(=O)(=O)O)OC. The van der Waals surface area contributed by atoms with Gasteiger partial charge in [0.15, 0.2) is 6.54 Å². The summed E-state index contributed by atoms with van der Waals surface area (Å²) in [5, 5.41) is 0. The Morgan fingerprint density at radius 2 is 1.94 bits per heavy atom. The van der Waals surface area contributed by atoms with Gasteiger partial charge in [-0.05, 0) is 13.3 Å². The molecule has 0 fully saturated rings. The molecule has 0 saturated heterocycles. The molecule has 0 rings (SSSR count). The number of unbranched alkanes of at least 4 members (excludes halogenated alkanes) is 1. The average molecular weight is 282 g/mol. The summed E-state index contributed by atoms with van der Waals surface area (Å²) in [6.07, 6.45) is 0.661. The number of hydrogen-bond donors (Lipinski definition) is 1. The number of carbonyl (C=O) groups excluding carboxylic acids is 1. The van der Waals surface area contributed by atoms with E-state index in [1.54, 1.807) is 0 Å². The summed E-state index contributed by atoms with van der Waals surface area (Å²) in [6.45, 7) is 5.23. The molecule has 7 nitrogen and oxygen atoms in total. The van der Waals surface area contributed by atoms with Crippen molar-refractivity contribution in [2.45, 2.75) is 19.8 Å². The van der Waals surface area contributed by atoms with Crippen LogP contribution in [0.2, 0.25) is 0 Å². The van der Waals surface area contributed by atoms with Crippen molar-refractivity contribution in [2.24, 2.45) is 0 Å². The highest BCUT2D eigenvalue weighted by Gasteiger charge is 2.28. The fourth-order valence-electron chi connectivity index (χ4n) is 1.11. The minimum atomic E-state index is -3.95. The second-order valence-corrected chi connectivity index (χ2v) is 5.64. The summed E-state index contributed by atoms with van der Waals surface area (Å²) < 4.78 is 29.6. The molecule has 18 heavy (non-hydrogen) atoms. The Morgan fingerprint density at radius 3 is 2.33 bits per heavy atom. The Balaban J connectivity index is 4.24. The zero-order valence-electron chi connectivity index (χ0n) is 10.9. The largest absolute Gasteiger partial charge is 0.397 e. The van der Waals surface area contributed by atoms with E-state index in [0.717, 1.165) is 0 Å². The fraction of sp³-hybridized carbons (Fsp3) is 0.700. The number of rotatable bonds is 8. The summed E-state index contributed by atoms with van der Waals surface area (Å²) in [4.78, 5) is 21.0. The van der Waals surface area contributed by atoms with Gasteiger partial charge >= 0.3 is 5.97 Å². The van der Waals surface area contributed by atoms with Gasteiger partial charge in [0.05, 0.1) is 5.75 Å². The van der Waals surface area contributed by atoms with Crippen molar-refractivity contribution in [3.8, 4) is 0 Å². The zero-order chi connectivity index (χ0) is 14.4. The maximum atomic E-state index is 11.4. The van der Waals surface area contributed by atoms with E-state index >= 15 is 0 Å². The van der Waals surface area contributed by atoms with Crippen LogP contribution in [0.25, 0.3) is 0 Å². The third-order valence-electron chi connectivity index (χ3n) is 2.23. The van der Waals surface area contributed by atoms with Gasteiger partial charge in [-0.2, -0.15) is 13.3 Å². The average Bonchev–Trinajstić information content (AvgIpc) is 2.23. The molecule has 0 saturated carbocycles. The van der Waals surface area contributed by atoms with Crippen LogP contribution >= 0.6 is 0 Å². The van der Waals surface area contributed by atoms with E-state index in [9.17, 15) is 13.2 Å². The van der Waals surface area contributed by atoms with Crippen molar-refractivity contribution in [3.63, 3.8) is 0 Å². The van der Waals surface area contributed by atoms with Crippen molar-refractivity contribution in [3.05, 3.63) is 12.2 Å². The van der Waals surface area contributed by atoms with Crippen LogP contribution in [0.3, 0.4) is 0 Å². The molecular weight excluding hydrogens is 262 g/mol. The van der Waals surface area contributed by atoms with Crippen LogP contribution in [0, 0.1) is 0 Å². The Labute approximate surface area is 107 Å². The van der Waals surface area contributed by atoms with Crippen molar-refractivity contribution in [1.29, 1.82) is 0 Å². The topological polar surface area (TPSA) is 89.9 Å². The van der Waals surface area contributed by atoms with E-state index < -0.39 is 20.9 Å². The summed E-state index contributed by atoms with van der Waals surface area (Å²) in [7, 11) is -1.06. The Kier molecular flexibility index (Phi) is 6.47. The predicted octanol–water partition coefficient (Wildman–Crippen LogP) is 0.697. The minimum absolute atomic E-state index is 0.245. The first-order chi connectivity index (χ1) is 8.09. The highest BCUT2D eigenvalue weighted by atomic mass is 32.2. The molecule has 8 heteroatoms. The van der Waals surface area contributed by atoms with Gasteiger partial charge in [-0.3, -0.25) is 4.55 Å². The highest BCUT2D eigenvalue weighted by molar-refractivity contribution is 7.85. The van der Waals surface area contributed by atoms with Gasteiger partial charge in [0.2, 0.25) is 0 Å². The number of hydrogen-bond acceptors (Lipinski definition) is 5. The molecule has 106 valence electrons. The normalized spacial score (nSPS) is 14.9. The van der Waals surface area contributed by atoms with E-state index in [4.69, 9.17) is 14.2 Å². The second kappa shape index (κ2) is 6.83. The molecule has 0 aliphatic carbocycles. The summed E-state index contributed by atoms with van der Waals surface area (Å²) in [5.41, 5.74) is 0.245. The van der Waals surface area contributed by atoms with Crippen molar-refractivity contribution in [1.82, 2.24) is 0 Å². The summed E-state index contributed by atoms with van der Waals surface area (Å²) >= 11 is 0. The van der Waals surface area contributed by atoms with Gasteiger partial charge in [0.1, 0.15) is 14.2 Å². The molecule has 0 spiro atoms. The lowest BCUT2D eigenvalue weighted by Crippen LogP contribution is -2.45.